The number of carbonyl (C=O) groups is 1. The molecule has 2 aliphatic rings. The van der Waals surface area contributed by atoms with Crippen LogP contribution in [0.25, 0.3) is 0 Å². The zero-order valence-electron chi connectivity index (χ0n) is 10.6. The van der Waals surface area contributed by atoms with E-state index in [1.165, 1.54) is 5.56 Å². The van der Waals surface area contributed by atoms with Gasteiger partial charge in [0, 0.05) is 6.61 Å². The van der Waals surface area contributed by atoms with Gasteiger partial charge in [-0.15, -0.1) is 0 Å². The second-order valence-electron chi connectivity index (χ2n) is 5.02. The number of nitrogens with zero attached hydrogens (tertiary/aromatic N) is 1. The van der Waals surface area contributed by atoms with Crippen LogP contribution in [0.1, 0.15) is 23.7 Å². The second kappa shape index (κ2) is 4.71. The highest BCUT2D eigenvalue weighted by Crippen LogP contribution is 2.28. The summed E-state index contributed by atoms with van der Waals surface area (Å²) in [4.78, 5) is 14.0. The molecular formula is C14H18N2O2. The fourth-order valence-electron chi connectivity index (χ4n) is 2.79. The Hall–Kier alpha value is -1.39. The Balaban J connectivity index is 1.88. The Morgan fingerprint density at radius 2 is 2.33 bits per heavy atom. The summed E-state index contributed by atoms with van der Waals surface area (Å²) < 4.78 is 5.40. The minimum atomic E-state index is 0.00380. The molecule has 4 heteroatoms. The molecule has 0 radical (unpaired) electrons. The summed E-state index contributed by atoms with van der Waals surface area (Å²) in [6.07, 6.45) is 0.944. The first-order valence-corrected chi connectivity index (χ1v) is 6.44. The van der Waals surface area contributed by atoms with Crippen LogP contribution in [0.3, 0.4) is 0 Å². The molecule has 1 amide bonds. The lowest BCUT2D eigenvalue weighted by molar-refractivity contribution is -0.130. The van der Waals surface area contributed by atoms with E-state index in [9.17, 15) is 4.79 Å². The molecule has 2 fully saturated rings. The van der Waals surface area contributed by atoms with Gasteiger partial charge in [0.25, 0.3) is 0 Å². The van der Waals surface area contributed by atoms with Gasteiger partial charge in [0.15, 0.2) is 0 Å². The number of nitrogens with one attached hydrogen (secondary N) is 1. The summed E-state index contributed by atoms with van der Waals surface area (Å²) in [5, 5.41) is 3.30. The maximum atomic E-state index is 12.0. The predicted molar refractivity (Wildman–Crippen MR) is 68.0 cm³/mol. The van der Waals surface area contributed by atoms with E-state index in [4.69, 9.17) is 4.74 Å². The topological polar surface area (TPSA) is 41.6 Å². The van der Waals surface area contributed by atoms with Crippen molar-refractivity contribution >= 4 is 5.91 Å². The van der Waals surface area contributed by atoms with Gasteiger partial charge < -0.3 is 9.64 Å². The van der Waals surface area contributed by atoms with Gasteiger partial charge in [-0.05, 0) is 18.9 Å². The van der Waals surface area contributed by atoms with E-state index in [1.54, 1.807) is 0 Å². The SMILES string of the molecule is Cc1cccc(C2NCC(=O)N2C2CCOC2)c1. The molecule has 4 nitrogen and oxygen atoms in total. The van der Waals surface area contributed by atoms with Crippen molar-refractivity contribution in [2.45, 2.75) is 25.6 Å². The maximum absolute atomic E-state index is 12.0. The molecule has 2 aliphatic heterocycles. The molecule has 0 saturated carbocycles. The smallest absolute Gasteiger partial charge is 0.238 e. The third-order valence-electron chi connectivity index (χ3n) is 3.67. The van der Waals surface area contributed by atoms with Crippen LogP contribution >= 0.6 is 0 Å². The van der Waals surface area contributed by atoms with Crippen molar-refractivity contribution in [2.24, 2.45) is 0 Å². The van der Waals surface area contributed by atoms with E-state index in [0.29, 0.717) is 13.2 Å². The van der Waals surface area contributed by atoms with Crippen molar-refractivity contribution in [2.75, 3.05) is 19.8 Å². The van der Waals surface area contributed by atoms with Gasteiger partial charge in [-0.1, -0.05) is 29.8 Å². The first-order valence-electron chi connectivity index (χ1n) is 6.44. The lowest BCUT2D eigenvalue weighted by Gasteiger charge is -2.29. The van der Waals surface area contributed by atoms with E-state index in [1.807, 2.05) is 11.0 Å². The minimum absolute atomic E-state index is 0.00380. The highest BCUT2D eigenvalue weighted by atomic mass is 16.5. The third kappa shape index (κ3) is 2.02. The van der Waals surface area contributed by atoms with Gasteiger partial charge >= 0.3 is 0 Å². The molecule has 2 heterocycles. The average molecular weight is 246 g/mol. The Kier molecular flexibility index (Phi) is 3.06. The largest absolute Gasteiger partial charge is 0.379 e. The van der Waals surface area contributed by atoms with Crippen LogP contribution < -0.4 is 5.32 Å². The Labute approximate surface area is 107 Å². The summed E-state index contributed by atoms with van der Waals surface area (Å²) >= 11 is 0. The van der Waals surface area contributed by atoms with E-state index in [2.05, 4.69) is 30.4 Å². The number of aryl methyl sites for hydroxylation is 1. The fraction of sp³-hybridized carbons (Fsp3) is 0.500. The van der Waals surface area contributed by atoms with Crippen LogP contribution in [0.4, 0.5) is 0 Å². The van der Waals surface area contributed by atoms with Gasteiger partial charge in [-0.3, -0.25) is 10.1 Å². The predicted octanol–water partition coefficient (Wildman–Crippen LogP) is 1.21. The van der Waals surface area contributed by atoms with E-state index in [0.717, 1.165) is 18.6 Å². The minimum Gasteiger partial charge on any atom is -0.379 e. The van der Waals surface area contributed by atoms with Crippen molar-refractivity contribution in [3.05, 3.63) is 35.4 Å². The number of ether oxygens (including phenoxy) is 1. The third-order valence-corrected chi connectivity index (χ3v) is 3.67. The number of rotatable bonds is 2. The number of hydrogen-bond donors (Lipinski definition) is 1. The standard InChI is InChI=1S/C14H18N2O2/c1-10-3-2-4-11(7-10)14-15-8-13(17)16(14)12-5-6-18-9-12/h2-4,7,12,14-15H,5-6,8-9H2,1H3. The molecule has 0 aromatic heterocycles. The number of hydrogen-bond acceptors (Lipinski definition) is 3. The summed E-state index contributed by atoms with van der Waals surface area (Å²) in [5.74, 6) is 0.178. The van der Waals surface area contributed by atoms with Crippen LogP contribution in [0, 0.1) is 6.92 Å². The van der Waals surface area contributed by atoms with Gasteiger partial charge in [0.2, 0.25) is 5.91 Å². The average Bonchev–Trinajstić information content (AvgIpc) is 2.97. The van der Waals surface area contributed by atoms with Crippen LogP contribution in [-0.4, -0.2) is 36.6 Å². The van der Waals surface area contributed by atoms with Crippen molar-refractivity contribution in [3.8, 4) is 0 Å². The molecule has 0 bridgehead atoms. The Morgan fingerprint density at radius 1 is 1.44 bits per heavy atom. The zero-order chi connectivity index (χ0) is 12.5. The lowest BCUT2D eigenvalue weighted by atomic mass is 10.1. The first-order chi connectivity index (χ1) is 8.75. The maximum Gasteiger partial charge on any atom is 0.238 e. The molecule has 0 aliphatic carbocycles. The van der Waals surface area contributed by atoms with Gasteiger partial charge in [0.05, 0.1) is 19.2 Å². The van der Waals surface area contributed by atoms with E-state index < -0.39 is 0 Å². The van der Waals surface area contributed by atoms with Crippen LogP contribution in [0.15, 0.2) is 24.3 Å². The number of amides is 1. The summed E-state index contributed by atoms with van der Waals surface area (Å²) in [6, 6.07) is 8.55. The highest BCUT2D eigenvalue weighted by Gasteiger charge is 2.38. The van der Waals surface area contributed by atoms with Crippen LogP contribution in [0.2, 0.25) is 0 Å². The van der Waals surface area contributed by atoms with Crippen molar-refractivity contribution in [1.82, 2.24) is 10.2 Å². The fourth-order valence-corrected chi connectivity index (χ4v) is 2.79. The molecule has 1 aromatic rings. The van der Waals surface area contributed by atoms with Gasteiger partial charge in [0.1, 0.15) is 6.17 Å². The highest BCUT2D eigenvalue weighted by molar-refractivity contribution is 5.81. The quantitative estimate of drug-likeness (QED) is 0.853. The molecule has 0 spiro atoms. The number of carbonyl (C=O) groups excluding carboxylic acids is 1. The molecule has 1 aromatic carbocycles. The summed E-state index contributed by atoms with van der Waals surface area (Å²) in [5.41, 5.74) is 2.38. The van der Waals surface area contributed by atoms with Crippen molar-refractivity contribution in [1.29, 1.82) is 0 Å². The molecule has 1 N–H and O–H groups in total. The van der Waals surface area contributed by atoms with Gasteiger partial charge in [-0.25, -0.2) is 0 Å². The lowest BCUT2D eigenvalue weighted by Crippen LogP contribution is -2.40. The molecule has 96 valence electrons. The summed E-state index contributed by atoms with van der Waals surface area (Å²) in [7, 11) is 0. The number of benzene rings is 1. The molecule has 2 atom stereocenters. The van der Waals surface area contributed by atoms with Crippen molar-refractivity contribution < 1.29 is 9.53 Å². The zero-order valence-corrected chi connectivity index (χ0v) is 10.6. The summed E-state index contributed by atoms with van der Waals surface area (Å²) in [6.45, 7) is 3.92. The van der Waals surface area contributed by atoms with Crippen molar-refractivity contribution in [3.63, 3.8) is 0 Å². The van der Waals surface area contributed by atoms with E-state index in [-0.39, 0.29) is 18.1 Å². The molecule has 2 saturated heterocycles. The molecule has 2 unspecified atom stereocenters. The van der Waals surface area contributed by atoms with Crippen LogP contribution in [0.5, 0.6) is 0 Å². The molecule has 18 heavy (non-hydrogen) atoms. The Bertz CT molecular complexity index is 455. The van der Waals surface area contributed by atoms with Crippen LogP contribution in [-0.2, 0) is 9.53 Å². The second-order valence-corrected chi connectivity index (χ2v) is 5.02. The monoisotopic (exact) mass is 246 g/mol. The first kappa shape index (κ1) is 11.7. The molecule has 3 rings (SSSR count). The normalized spacial score (nSPS) is 28.1. The van der Waals surface area contributed by atoms with Gasteiger partial charge in [-0.2, -0.15) is 0 Å². The van der Waals surface area contributed by atoms with E-state index >= 15 is 0 Å². The molecular weight excluding hydrogens is 228 g/mol. The Morgan fingerprint density at radius 3 is 3.06 bits per heavy atom.